The van der Waals surface area contributed by atoms with Gasteiger partial charge in [0.05, 0.1) is 12.2 Å². The van der Waals surface area contributed by atoms with Crippen molar-refractivity contribution in [2.24, 2.45) is 0 Å². The fourth-order valence-electron chi connectivity index (χ4n) is 2.66. The summed E-state index contributed by atoms with van der Waals surface area (Å²) in [5.74, 6) is 0.0336. The topological polar surface area (TPSA) is 36.8 Å². The van der Waals surface area contributed by atoms with Crippen LogP contribution in [0.3, 0.4) is 0 Å². The molecule has 2 aromatic rings. The number of halogens is 1. The fourth-order valence-corrected chi connectivity index (χ4v) is 3.25. The summed E-state index contributed by atoms with van der Waals surface area (Å²) in [5, 5.41) is 3.00. The molecular weight excluding hydrogens is 378 g/mol. The van der Waals surface area contributed by atoms with Crippen LogP contribution in [0.1, 0.15) is 18.1 Å². The Kier molecular flexibility index (Phi) is 7.02. The summed E-state index contributed by atoms with van der Waals surface area (Å²) in [7, 11) is 4.07. The first-order chi connectivity index (χ1) is 11.9. The Morgan fingerprint density at radius 1 is 1.16 bits per heavy atom. The Balaban J connectivity index is 1.95. The quantitative estimate of drug-likeness (QED) is 0.744. The van der Waals surface area contributed by atoms with E-state index in [1.54, 1.807) is 0 Å². The van der Waals surface area contributed by atoms with Crippen molar-refractivity contribution in [3.05, 3.63) is 58.1 Å². The van der Waals surface area contributed by atoms with Crippen LogP contribution in [0.4, 0.5) is 11.4 Å². The summed E-state index contributed by atoms with van der Waals surface area (Å²) >= 11 is 3.51. The first kappa shape index (κ1) is 19.5. The van der Waals surface area contributed by atoms with Gasteiger partial charge in [0.1, 0.15) is 6.54 Å². The van der Waals surface area contributed by atoms with Crippen LogP contribution in [-0.2, 0) is 11.3 Å². The van der Waals surface area contributed by atoms with Crippen LogP contribution in [0.15, 0.2) is 46.9 Å². The van der Waals surface area contributed by atoms with Gasteiger partial charge in [0.2, 0.25) is 0 Å². The molecule has 1 amide bonds. The van der Waals surface area contributed by atoms with Gasteiger partial charge in [-0.05, 0) is 59.6 Å². The molecule has 1 unspecified atom stereocenters. The predicted molar refractivity (Wildman–Crippen MR) is 108 cm³/mol. The third-order valence-corrected chi connectivity index (χ3v) is 4.87. The number of hydrogen-bond donors (Lipinski definition) is 2. The second-order valence-corrected chi connectivity index (χ2v) is 7.40. The van der Waals surface area contributed by atoms with Crippen molar-refractivity contribution in [3.63, 3.8) is 0 Å². The van der Waals surface area contributed by atoms with Gasteiger partial charge in [-0.25, -0.2) is 0 Å². The molecule has 134 valence electrons. The molecule has 0 fully saturated rings. The van der Waals surface area contributed by atoms with Gasteiger partial charge in [-0.15, -0.1) is 0 Å². The predicted octanol–water partition coefficient (Wildman–Crippen LogP) is 2.87. The van der Waals surface area contributed by atoms with Gasteiger partial charge < -0.3 is 15.1 Å². The van der Waals surface area contributed by atoms with Gasteiger partial charge in [0.15, 0.2) is 6.54 Å². The van der Waals surface area contributed by atoms with Crippen LogP contribution in [0, 0.1) is 6.92 Å². The molecule has 4 nitrogen and oxygen atoms in total. The highest BCUT2D eigenvalue weighted by molar-refractivity contribution is 9.10. The van der Waals surface area contributed by atoms with Gasteiger partial charge in [-0.3, -0.25) is 4.79 Å². The van der Waals surface area contributed by atoms with Gasteiger partial charge >= 0.3 is 0 Å². The molecule has 0 saturated carbocycles. The zero-order chi connectivity index (χ0) is 18.4. The lowest BCUT2D eigenvalue weighted by Gasteiger charge is -2.18. The number of rotatable bonds is 7. The van der Waals surface area contributed by atoms with Crippen molar-refractivity contribution in [1.29, 1.82) is 0 Å². The van der Waals surface area contributed by atoms with Crippen LogP contribution >= 0.6 is 15.9 Å². The van der Waals surface area contributed by atoms with Gasteiger partial charge in [0.25, 0.3) is 5.91 Å². The van der Waals surface area contributed by atoms with E-state index in [9.17, 15) is 4.79 Å². The van der Waals surface area contributed by atoms with Crippen molar-refractivity contribution in [1.82, 2.24) is 0 Å². The monoisotopic (exact) mass is 404 g/mol. The number of aryl methyl sites for hydroxylation is 1. The molecule has 0 aliphatic carbocycles. The molecule has 5 heteroatoms. The van der Waals surface area contributed by atoms with Gasteiger partial charge in [0, 0.05) is 29.8 Å². The van der Waals surface area contributed by atoms with E-state index in [1.807, 2.05) is 39.2 Å². The van der Waals surface area contributed by atoms with Crippen molar-refractivity contribution in [2.75, 3.05) is 37.4 Å². The highest BCUT2D eigenvalue weighted by Gasteiger charge is 2.14. The number of carbonyl (C=O) groups is 1. The number of quaternary nitrogens is 1. The maximum absolute atomic E-state index is 12.4. The summed E-state index contributed by atoms with van der Waals surface area (Å²) in [6, 6.07) is 14.4. The lowest BCUT2D eigenvalue weighted by Crippen LogP contribution is -3.11. The number of nitrogens with zero attached hydrogens (tertiary/aromatic N) is 1. The van der Waals surface area contributed by atoms with E-state index in [-0.39, 0.29) is 5.91 Å². The molecule has 0 aromatic heterocycles. The summed E-state index contributed by atoms with van der Waals surface area (Å²) in [5.41, 5.74) is 4.41. The number of benzene rings is 2. The minimum atomic E-state index is 0.0336. The molecule has 0 aliphatic heterocycles. The molecule has 0 heterocycles. The molecule has 0 bridgehead atoms. The van der Waals surface area contributed by atoms with E-state index >= 15 is 0 Å². The largest absolute Gasteiger partial charge is 0.378 e. The van der Waals surface area contributed by atoms with Crippen molar-refractivity contribution >= 4 is 33.2 Å². The summed E-state index contributed by atoms with van der Waals surface area (Å²) in [6.07, 6.45) is 0. The van der Waals surface area contributed by atoms with Crippen LogP contribution in [-0.4, -0.2) is 33.1 Å². The SMILES string of the molecule is CC[NH+](CC(=O)Nc1ccc(C)cc1Br)Cc1ccc(N(C)C)cc1. The highest BCUT2D eigenvalue weighted by Crippen LogP contribution is 2.23. The molecule has 2 N–H and O–H groups in total. The maximum Gasteiger partial charge on any atom is 0.279 e. The van der Waals surface area contributed by atoms with Crippen molar-refractivity contribution in [2.45, 2.75) is 20.4 Å². The Morgan fingerprint density at radius 2 is 1.84 bits per heavy atom. The molecule has 1 atom stereocenters. The lowest BCUT2D eigenvalue weighted by atomic mass is 10.2. The molecule has 0 saturated heterocycles. The standard InChI is InChI=1S/C20H26BrN3O/c1-5-24(13-16-7-9-17(10-8-16)23(3)4)14-20(25)22-19-11-6-15(2)12-18(19)21/h6-12H,5,13-14H2,1-4H3,(H,22,25)/p+1. The molecule has 2 aromatic carbocycles. The lowest BCUT2D eigenvalue weighted by molar-refractivity contribution is -0.903. The molecular formula is C20H27BrN3O+. The second kappa shape index (κ2) is 9.02. The van der Waals surface area contributed by atoms with E-state index in [0.29, 0.717) is 6.54 Å². The maximum atomic E-state index is 12.4. The van der Waals surface area contributed by atoms with E-state index in [4.69, 9.17) is 0 Å². The average Bonchev–Trinajstić information content (AvgIpc) is 2.57. The van der Waals surface area contributed by atoms with E-state index < -0.39 is 0 Å². The Labute approximate surface area is 159 Å². The van der Waals surface area contributed by atoms with Crippen molar-refractivity contribution in [3.8, 4) is 0 Å². The minimum absolute atomic E-state index is 0.0336. The molecule has 0 spiro atoms. The Morgan fingerprint density at radius 3 is 2.40 bits per heavy atom. The highest BCUT2D eigenvalue weighted by atomic mass is 79.9. The average molecular weight is 405 g/mol. The molecule has 2 rings (SSSR count). The summed E-state index contributed by atoms with van der Waals surface area (Å²) < 4.78 is 0.915. The normalized spacial score (nSPS) is 11.9. The van der Waals surface area contributed by atoms with E-state index in [1.165, 1.54) is 16.2 Å². The molecule has 25 heavy (non-hydrogen) atoms. The number of amides is 1. The van der Waals surface area contributed by atoms with Gasteiger partial charge in [-0.2, -0.15) is 0 Å². The number of nitrogens with one attached hydrogen (secondary N) is 2. The first-order valence-corrected chi connectivity index (χ1v) is 9.34. The zero-order valence-electron chi connectivity index (χ0n) is 15.4. The van der Waals surface area contributed by atoms with E-state index in [0.717, 1.165) is 28.8 Å². The third kappa shape index (κ3) is 5.87. The van der Waals surface area contributed by atoms with Crippen LogP contribution < -0.4 is 15.1 Å². The van der Waals surface area contributed by atoms with E-state index in [2.05, 4.69) is 57.3 Å². The molecule has 0 radical (unpaired) electrons. The Hall–Kier alpha value is -1.85. The Bertz CT molecular complexity index is 713. The van der Waals surface area contributed by atoms with Crippen LogP contribution in [0.2, 0.25) is 0 Å². The summed E-state index contributed by atoms with van der Waals surface area (Å²) in [4.78, 5) is 15.7. The number of carbonyl (C=O) groups excluding carboxylic acids is 1. The number of hydrogen-bond acceptors (Lipinski definition) is 2. The molecule has 0 aliphatic rings. The third-order valence-electron chi connectivity index (χ3n) is 4.22. The van der Waals surface area contributed by atoms with Crippen LogP contribution in [0.5, 0.6) is 0 Å². The number of anilines is 2. The summed E-state index contributed by atoms with van der Waals surface area (Å²) in [6.45, 7) is 6.33. The fraction of sp³-hybridized carbons (Fsp3) is 0.350. The minimum Gasteiger partial charge on any atom is -0.378 e. The smallest absolute Gasteiger partial charge is 0.279 e. The second-order valence-electron chi connectivity index (χ2n) is 6.55. The van der Waals surface area contributed by atoms with Gasteiger partial charge in [-0.1, -0.05) is 18.2 Å². The first-order valence-electron chi connectivity index (χ1n) is 8.55. The number of likely N-dealkylation sites (N-methyl/N-ethyl adjacent to an activating group) is 1. The van der Waals surface area contributed by atoms with Crippen molar-refractivity contribution < 1.29 is 9.69 Å². The zero-order valence-corrected chi connectivity index (χ0v) is 17.0. The van der Waals surface area contributed by atoms with Crippen LogP contribution in [0.25, 0.3) is 0 Å².